The van der Waals surface area contributed by atoms with Gasteiger partial charge in [-0.15, -0.1) is 0 Å². The Labute approximate surface area is 130 Å². The third kappa shape index (κ3) is 4.14. The number of urea groups is 1. The zero-order chi connectivity index (χ0) is 16.3. The van der Waals surface area contributed by atoms with Crippen LogP contribution in [0.2, 0.25) is 5.02 Å². The van der Waals surface area contributed by atoms with E-state index < -0.39 is 22.8 Å². The van der Waals surface area contributed by atoms with Crippen molar-refractivity contribution < 1.29 is 18.0 Å². The highest BCUT2D eigenvalue weighted by atomic mass is 35.5. The van der Waals surface area contributed by atoms with Crippen LogP contribution in [0, 0.1) is 6.92 Å². The molecule has 2 amide bonds. The van der Waals surface area contributed by atoms with E-state index in [-0.39, 0.29) is 5.69 Å². The van der Waals surface area contributed by atoms with E-state index in [2.05, 4.69) is 10.6 Å². The molecule has 0 aliphatic carbocycles. The van der Waals surface area contributed by atoms with E-state index in [9.17, 15) is 18.0 Å². The largest absolute Gasteiger partial charge is 0.417 e. The summed E-state index contributed by atoms with van der Waals surface area (Å²) < 4.78 is 38.2. The first-order chi connectivity index (χ1) is 10.3. The number of rotatable bonds is 2. The second-order valence-corrected chi connectivity index (χ2v) is 5.05. The molecule has 22 heavy (non-hydrogen) atoms. The molecule has 0 saturated carbocycles. The molecule has 0 radical (unpaired) electrons. The van der Waals surface area contributed by atoms with Crippen LogP contribution in [0.4, 0.5) is 29.3 Å². The number of aryl methyl sites for hydroxylation is 1. The number of carbonyl (C=O) groups is 1. The van der Waals surface area contributed by atoms with Gasteiger partial charge in [0, 0.05) is 11.4 Å². The van der Waals surface area contributed by atoms with Crippen molar-refractivity contribution in [3.05, 3.63) is 58.6 Å². The van der Waals surface area contributed by atoms with Crippen LogP contribution in [0.25, 0.3) is 0 Å². The van der Waals surface area contributed by atoms with Gasteiger partial charge in [0.2, 0.25) is 0 Å². The molecule has 3 nitrogen and oxygen atoms in total. The van der Waals surface area contributed by atoms with E-state index in [1.54, 1.807) is 18.2 Å². The van der Waals surface area contributed by atoms with Crippen molar-refractivity contribution in [1.82, 2.24) is 0 Å². The number of hydrogen-bond acceptors (Lipinski definition) is 1. The van der Waals surface area contributed by atoms with Crippen LogP contribution in [-0.4, -0.2) is 6.03 Å². The maximum atomic E-state index is 12.7. The minimum Gasteiger partial charge on any atom is -0.308 e. The van der Waals surface area contributed by atoms with Gasteiger partial charge in [-0.25, -0.2) is 4.79 Å². The number of benzene rings is 2. The lowest BCUT2D eigenvalue weighted by Crippen LogP contribution is -2.20. The number of halogens is 4. The highest BCUT2D eigenvalue weighted by Gasteiger charge is 2.33. The van der Waals surface area contributed by atoms with Crippen molar-refractivity contribution in [2.45, 2.75) is 13.1 Å². The molecule has 0 unspecified atom stereocenters. The predicted molar refractivity (Wildman–Crippen MR) is 80.3 cm³/mol. The molecule has 2 rings (SSSR count). The zero-order valence-corrected chi connectivity index (χ0v) is 12.2. The fourth-order valence-electron chi connectivity index (χ4n) is 1.84. The Morgan fingerprint density at radius 2 is 1.68 bits per heavy atom. The van der Waals surface area contributed by atoms with Crippen molar-refractivity contribution >= 4 is 29.0 Å². The molecule has 0 aliphatic rings. The molecule has 0 aliphatic heterocycles. The van der Waals surface area contributed by atoms with Crippen LogP contribution in [-0.2, 0) is 6.18 Å². The molecular weight excluding hydrogens is 317 g/mol. The highest BCUT2D eigenvalue weighted by Crippen LogP contribution is 2.36. The zero-order valence-electron chi connectivity index (χ0n) is 11.5. The Morgan fingerprint density at radius 1 is 1.05 bits per heavy atom. The summed E-state index contributed by atoms with van der Waals surface area (Å²) in [4.78, 5) is 11.8. The summed E-state index contributed by atoms with van der Waals surface area (Å²) in [6.45, 7) is 1.86. The molecule has 0 spiro atoms. The van der Waals surface area contributed by atoms with Gasteiger partial charge in [0.15, 0.2) is 0 Å². The standard InChI is InChI=1S/C15H12ClF3N2O/c1-9-3-2-4-10(7-9)20-14(22)21-11-5-6-13(16)12(8-11)15(17,18)19/h2-8H,1H3,(H2,20,21,22). The molecule has 2 N–H and O–H groups in total. The topological polar surface area (TPSA) is 41.1 Å². The fourth-order valence-corrected chi connectivity index (χ4v) is 2.06. The Kier molecular flexibility index (Phi) is 4.61. The predicted octanol–water partition coefficient (Wildman–Crippen LogP) is 5.31. The fraction of sp³-hybridized carbons (Fsp3) is 0.133. The molecule has 0 fully saturated rings. The normalized spacial score (nSPS) is 11.1. The maximum absolute atomic E-state index is 12.7. The average Bonchev–Trinajstić information content (AvgIpc) is 2.39. The molecule has 0 bridgehead atoms. The highest BCUT2D eigenvalue weighted by molar-refractivity contribution is 6.31. The van der Waals surface area contributed by atoms with Gasteiger partial charge in [-0.1, -0.05) is 23.7 Å². The SMILES string of the molecule is Cc1cccc(NC(=O)Nc2ccc(Cl)c(C(F)(F)F)c2)c1. The Morgan fingerprint density at radius 3 is 2.27 bits per heavy atom. The lowest BCUT2D eigenvalue weighted by atomic mass is 10.2. The van der Waals surface area contributed by atoms with E-state index >= 15 is 0 Å². The van der Waals surface area contributed by atoms with Gasteiger partial charge in [-0.05, 0) is 42.8 Å². The monoisotopic (exact) mass is 328 g/mol. The molecule has 2 aromatic rings. The molecule has 116 valence electrons. The van der Waals surface area contributed by atoms with E-state index in [1.165, 1.54) is 6.07 Å². The van der Waals surface area contributed by atoms with Crippen LogP contribution < -0.4 is 10.6 Å². The Balaban J connectivity index is 2.12. The first-order valence-electron chi connectivity index (χ1n) is 6.27. The van der Waals surface area contributed by atoms with E-state index in [0.29, 0.717) is 5.69 Å². The van der Waals surface area contributed by atoms with Crippen molar-refractivity contribution in [2.24, 2.45) is 0 Å². The summed E-state index contributed by atoms with van der Waals surface area (Å²) in [6.07, 6.45) is -4.58. The second-order valence-electron chi connectivity index (χ2n) is 4.64. The summed E-state index contributed by atoms with van der Waals surface area (Å²) in [5, 5.41) is 4.46. The number of amides is 2. The van der Waals surface area contributed by atoms with Crippen LogP contribution in [0.3, 0.4) is 0 Å². The van der Waals surface area contributed by atoms with Gasteiger partial charge < -0.3 is 10.6 Å². The van der Waals surface area contributed by atoms with Crippen molar-refractivity contribution in [1.29, 1.82) is 0 Å². The maximum Gasteiger partial charge on any atom is 0.417 e. The van der Waals surface area contributed by atoms with Crippen molar-refractivity contribution in [3.63, 3.8) is 0 Å². The summed E-state index contributed by atoms with van der Waals surface area (Å²) in [5.74, 6) is 0. The van der Waals surface area contributed by atoms with Crippen LogP contribution in [0.15, 0.2) is 42.5 Å². The molecular formula is C15H12ClF3N2O. The molecule has 0 saturated heterocycles. The van der Waals surface area contributed by atoms with Gasteiger partial charge in [-0.2, -0.15) is 13.2 Å². The Bertz CT molecular complexity index is 701. The van der Waals surface area contributed by atoms with Gasteiger partial charge >= 0.3 is 12.2 Å². The van der Waals surface area contributed by atoms with Gasteiger partial charge in [0.05, 0.1) is 10.6 Å². The van der Waals surface area contributed by atoms with Crippen LogP contribution in [0.5, 0.6) is 0 Å². The summed E-state index contributed by atoms with van der Waals surface area (Å²) in [7, 11) is 0. The first kappa shape index (κ1) is 16.2. The average molecular weight is 329 g/mol. The smallest absolute Gasteiger partial charge is 0.308 e. The number of carbonyl (C=O) groups excluding carboxylic acids is 1. The van der Waals surface area contributed by atoms with E-state index in [1.807, 2.05) is 13.0 Å². The third-order valence-corrected chi connectivity index (χ3v) is 3.14. The van der Waals surface area contributed by atoms with Crippen LogP contribution in [0.1, 0.15) is 11.1 Å². The molecule has 2 aromatic carbocycles. The number of alkyl halides is 3. The molecule has 0 heterocycles. The quantitative estimate of drug-likeness (QED) is 0.770. The second kappa shape index (κ2) is 6.27. The lowest BCUT2D eigenvalue weighted by molar-refractivity contribution is -0.137. The Hall–Kier alpha value is -2.21. The molecule has 0 atom stereocenters. The lowest BCUT2D eigenvalue weighted by Gasteiger charge is -2.12. The number of anilines is 2. The first-order valence-corrected chi connectivity index (χ1v) is 6.65. The van der Waals surface area contributed by atoms with Crippen LogP contribution >= 0.6 is 11.6 Å². The third-order valence-electron chi connectivity index (χ3n) is 2.81. The number of hydrogen-bond donors (Lipinski definition) is 2. The summed E-state index contributed by atoms with van der Waals surface area (Å²) in [6, 6.07) is 9.57. The van der Waals surface area contributed by atoms with Gasteiger partial charge in [-0.3, -0.25) is 0 Å². The van der Waals surface area contributed by atoms with Gasteiger partial charge in [0.25, 0.3) is 0 Å². The van der Waals surface area contributed by atoms with Crippen molar-refractivity contribution in [2.75, 3.05) is 10.6 Å². The van der Waals surface area contributed by atoms with Gasteiger partial charge in [0.1, 0.15) is 0 Å². The minimum absolute atomic E-state index is 0.00174. The molecule has 7 heteroatoms. The minimum atomic E-state index is -4.58. The summed E-state index contributed by atoms with van der Waals surface area (Å²) in [5.41, 5.74) is 0.496. The van der Waals surface area contributed by atoms with Crippen molar-refractivity contribution in [3.8, 4) is 0 Å². The number of nitrogens with one attached hydrogen (secondary N) is 2. The van der Waals surface area contributed by atoms with E-state index in [4.69, 9.17) is 11.6 Å². The van der Waals surface area contributed by atoms with E-state index in [0.717, 1.165) is 17.7 Å². The summed E-state index contributed by atoms with van der Waals surface area (Å²) >= 11 is 5.52. The molecule has 0 aromatic heterocycles.